The summed E-state index contributed by atoms with van der Waals surface area (Å²) < 4.78 is 5.18. The van der Waals surface area contributed by atoms with Gasteiger partial charge in [0.15, 0.2) is 0 Å². The van der Waals surface area contributed by atoms with Crippen LogP contribution in [0.15, 0.2) is 47.3 Å². The Balaban J connectivity index is 2.00. The summed E-state index contributed by atoms with van der Waals surface area (Å²) >= 11 is 3.49. The second-order valence-electron chi connectivity index (χ2n) is 4.17. The summed E-state index contributed by atoms with van der Waals surface area (Å²) in [7, 11) is 1.94. The third-order valence-corrected chi connectivity index (χ3v) is 3.34. The van der Waals surface area contributed by atoms with E-state index >= 15 is 0 Å². The molecule has 0 aliphatic rings. The van der Waals surface area contributed by atoms with E-state index in [0.29, 0.717) is 0 Å². The molecule has 3 rings (SSSR count). The molecule has 17 heavy (non-hydrogen) atoms. The first-order valence-corrected chi connectivity index (χ1v) is 6.23. The minimum Gasteiger partial charge on any atom is -0.343 e. The third kappa shape index (κ3) is 2.00. The summed E-state index contributed by atoms with van der Waals surface area (Å²) in [5.41, 5.74) is 2.46. The number of nitrogens with zero attached hydrogens (tertiary/aromatic N) is 3. The Morgan fingerprint density at radius 3 is 2.94 bits per heavy atom. The lowest BCUT2D eigenvalue weighted by atomic mass is 10.2. The largest absolute Gasteiger partial charge is 0.343 e. The van der Waals surface area contributed by atoms with Gasteiger partial charge in [-0.2, -0.15) is 5.10 Å². The second kappa shape index (κ2) is 4.04. The first-order chi connectivity index (χ1) is 8.22. The fourth-order valence-electron chi connectivity index (χ4n) is 2.06. The number of benzene rings is 1. The number of halogens is 1. The molecule has 3 nitrogen and oxygen atoms in total. The molecule has 0 unspecified atom stereocenters. The van der Waals surface area contributed by atoms with Gasteiger partial charge in [-0.3, -0.25) is 4.68 Å². The molecule has 2 heterocycles. The molecular formula is C13H12BrN3. The second-order valence-corrected chi connectivity index (χ2v) is 5.08. The Labute approximate surface area is 108 Å². The van der Waals surface area contributed by atoms with Crippen LogP contribution < -0.4 is 0 Å². The summed E-state index contributed by atoms with van der Waals surface area (Å²) in [5, 5.41) is 5.44. The quantitative estimate of drug-likeness (QED) is 0.710. The van der Waals surface area contributed by atoms with Crippen LogP contribution in [0.5, 0.6) is 0 Å². The van der Waals surface area contributed by atoms with Crippen molar-refractivity contribution in [3.63, 3.8) is 0 Å². The van der Waals surface area contributed by atoms with Crippen LogP contribution >= 0.6 is 15.9 Å². The number of hydrogen-bond donors (Lipinski definition) is 0. The van der Waals surface area contributed by atoms with Crippen LogP contribution in [-0.4, -0.2) is 14.3 Å². The first-order valence-electron chi connectivity index (χ1n) is 5.44. The minimum atomic E-state index is 0.860. The molecular weight excluding hydrogens is 278 g/mol. The lowest BCUT2D eigenvalue weighted by Gasteiger charge is -2.03. The monoisotopic (exact) mass is 289 g/mol. The van der Waals surface area contributed by atoms with Gasteiger partial charge in [0.1, 0.15) is 0 Å². The van der Waals surface area contributed by atoms with Crippen LogP contribution in [-0.2, 0) is 13.6 Å². The maximum Gasteiger partial charge on any atom is 0.0539 e. The molecule has 3 aromatic rings. The van der Waals surface area contributed by atoms with Crippen LogP contribution in [0.1, 0.15) is 5.56 Å². The van der Waals surface area contributed by atoms with Crippen LogP contribution in [0.2, 0.25) is 0 Å². The Hall–Kier alpha value is -1.55. The molecule has 0 fully saturated rings. The van der Waals surface area contributed by atoms with Crippen molar-refractivity contribution in [2.24, 2.45) is 7.05 Å². The Bertz CT molecular complexity index is 666. The van der Waals surface area contributed by atoms with E-state index in [4.69, 9.17) is 0 Å². The summed E-state index contributed by atoms with van der Waals surface area (Å²) in [6.07, 6.45) is 6.07. The van der Waals surface area contributed by atoms with Crippen LogP contribution in [0.3, 0.4) is 0 Å². The normalized spacial score (nSPS) is 11.2. The maximum atomic E-state index is 4.19. The van der Waals surface area contributed by atoms with Crippen molar-refractivity contribution in [3.8, 4) is 0 Å². The van der Waals surface area contributed by atoms with E-state index in [1.807, 2.05) is 24.1 Å². The summed E-state index contributed by atoms with van der Waals surface area (Å²) in [5.74, 6) is 0. The van der Waals surface area contributed by atoms with E-state index in [1.54, 1.807) is 0 Å². The maximum absolute atomic E-state index is 4.19. The zero-order chi connectivity index (χ0) is 11.8. The number of fused-ring (bicyclic) bond motifs is 1. The van der Waals surface area contributed by atoms with E-state index < -0.39 is 0 Å². The SMILES string of the molecule is Cn1cc(Cn2ccc3cc(Br)ccc32)cn1. The van der Waals surface area contributed by atoms with Gasteiger partial charge in [-0.05, 0) is 24.3 Å². The van der Waals surface area contributed by atoms with E-state index in [2.05, 4.69) is 56.1 Å². The molecule has 4 heteroatoms. The summed E-state index contributed by atoms with van der Waals surface area (Å²) in [6, 6.07) is 8.48. The molecule has 0 bridgehead atoms. The van der Waals surface area contributed by atoms with Gasteiger partial charge in [0.25, 0.3) is 0 Å². The van der Waals surface area contributed by atoms with Crippen molar-refractivity contribution in [1.29, 1.82) is 0 Å². The Kier molecular flexibility index (Phi) is 2.52. The van der Waals surface area contributed by atoms with Gasteiger partial charge < -0.3 is 4.57 Å². The Morgan fingerprint density at radius 2 is 2.18 bits per heavy atom. The van der Waals surface area contributed by atoms with Crippen LogP contribution in [0, 0.1) is 0 Å². The van der Waals surface area contributed by atoms with Gasteiger partial charge >= 0.3 is 0 Å². The lowest BCUT2D eigenvalue weighted by molar-refractivity contribution is 0.764. The predicted molar refractivity (Wildman–Crippen MR) is 71.9 cm³/mol. The van der Waals surface area contributed by atoms with Crippen molar-refractivity contribution < 1.29 is 0 Å². The highest BCUT2D eigenvalue weighted by atomic mass is 79.9. The number of rotatable bonds is 2. The molecule has 0 atom stereocenters. The van der Waals surface area contributed by atoms with Gasteiger partial charge in [-0.15, -0.1) is 0 Å². The molecule has 0 saturated heterocycles. The van der Waals surface area contributed by atoms with Crippen LogP contribution in [0.4, 0.5) is 0 Å². The summed E-state index contributed by atoms with van der Waals surface area (Å²) in [4.78, 5) is 0. The molecule has 2 aromatic heterocycles. The molecule has 0 N–H and O–H groups in total. The molecule has 86 valence electrons. The highest BCUT2D eigenvalue weighted by Crippen LogP contribution is 2.21. The van der Waals surface area contributed by atoms with E-state index in [-0.39, 0.29) is 0 Å². The molecule has 0 aliphatic heterocycles. The first kappa shape index (κ1) is 10.6. The molecule has 0 aliphatic carbocycles. The molecule has 0 amide bonds. The van der Waals surface area contributed by atoms with Gasteiger partial charge in [0.05, 0.1) is 12.7 Å². The zero-order valence-electron chi connectivity index (χ0n) is 9.47. The lowest BCUT2D eigenvalue weighted by Crippen LogP contribution is -1.96. The standard InChI is InChI=1S/C13H12BrN3/c1-16-8-10(7-15-16)9-17-5-4-11-6-12(14)2-3-13(11)17/h2-8H,9H2,1H3. The summed E-state index contributed by atoms with van der Waals surface area (Å²) in [6.45, 7) is 0.860. The fraction of sp³-hybridized carbons (Fsp3) is 0.154. The average Bonchev–Trinajstić information content (AvgIpc) is 2.86. The fourth-order valence-corrected chi connectivity index (χ4v) is 2.44. The topological polar surface area (TPSA) is 22.8 Å². The predicted octanol–water partition coefficient (Wildman–Crippen LogP) is 3.19. The minimum absolute atomic E-state index is 0.860. The van der Waals surface area contributed by atoms with Gasteiger partial charge in [0, 0.05) is 40.4 Å². The molecule has 0 spiro atoms. The van der Waals surface area contributed by atoms with Crippen LogP contribution in [0.25, 0.3) is 10.9 Å². The number of aromatic nitrogens is 3. The van der Waals surface area contributed by atoms with E-state index in [1.165, 1.54) is 16.5 Å². The van der Waals surface area contributed by atoms with E-state index in [9.17, 15) is 0 Å². The average molecular weight is 290 g/mol. The molecule has 0 saturated carbocycles. The van der Waals surface area contributed by atoms with Gasteiger partial charge in [-0.25, -0.2) is 0 Å². The number of aryl methyl sites for hydroxylation is 1. The Morgan fingerprint density at radius 1 is 1.29 bits per heavy atom. The highest BCUT2D eigenvalue weighted by Gasteiger charge is 2.03. The van der Waals surface area contributed by atoms with Crippen molar-refractivity contribution >= 4 is 26.8 Å². The van der Waals surface area contributed by atoms with Crippen molar-refractivity contribution in [1.82, 2.24) is 14.3 Å². The van der Waals surface area contributed by atoms with Crippen molar-refractivity contribution in [3.05, 3.63) is 52.9 Å². The third-order valence-electron chi connectivity index (χ3n) is 2.84. The van der Waals surface area contributed by atoms with Gasteiger partial charge in [-0.1, -0.05) is 15.9 Å². The number of hydrogen-bond acceptors (Lipinski definition) is 1. The van der Waals surface area contributed by atoms with E-state index in [0.717, 1.165) is 11.0 Å². The highest BCUT2D eigenvalue weighted by molar-refractivity contribution is 9.10. The van der Waals surface area contributed by atoms with Crippen molar-refractivity contribution in [2.45, 2.75) is 6.54 Å². The van der Waals surface area contributed by atoms with Crippen molar-refractivity contribution in [2.75, 3.05) is 0 Å². The van der Waals surface area contributed by atoms with Gasteiger partial charge in [0.2, 0.25) is 0 Å². The molecule has 0 radical (unpaired) electrons. The molecule has 1 aromatic carbocycles. The smallest absolute Gasteiger partial charge is 0.0539 e. The zero-order valence-corrected chi connectivity index (χ0v) is 11.1.